The van der Waals surface area contributed by atoms with Crippen LogP contribution < -0.4 is 0 Å². The van der Waals surface area contributed by atoms with E-state index in [0.717, 1.165) is 11.8 Å². The average molecular weight is 672 g/mol. The molecule has 0 unspecified atom stereocenters. The number of hydrogen-bond acceptors (Lipinski definition) is 10. The Morgan fingerprint density at radius 1 is 0.500 bits per heavy atom. The van der Waals surface area contributed by atoms with E-state index in [1.165, 1.54) is 24.3 Å². The molecule has 0 heterocycles. The van der Waals surface area contributed by atoms with Crippen molar-refractivity contribution in [3.63, 3.8) is 0 Å². The number of hydrogen-bond donors (Lipinski definition) is 0. The average Bonchev–Trinajstić information content (AvgIpc) is 3.18. The summed E-state index contributed by atoms with van der Waals surface area (Å²) in [6.07, 6.45) is -3.46. The van der Waals surface area contributed by atoms with Crippen LogP contribution in [-0.2, 0) is 30.4 Å². The van der Waals surface area contributed by atoms with Crippen molar-refractivity contribution in [1.82, 2.24) is 0 Å². The maximum atomic E-state index is 13.6. The number of oxime groups is 1. The molecule has 0 radical (unpaired) electrons. The molecular formula is C40H33NO9. The monoisotopic (exact) mass is 671 g/mol. The summed E-state index contributed by atoms with van der Waals surface area (Å²) in [5.41, 5.74) is 1.59. The SMILES string of the molecule is O=C(OC[C@@H](OC(=O)c1ccccc1)[C@H](OC(=O)c1ccccc1)[C@H](C=NOCc1ccccc1)OC(=O)c1ccccc1)c1ccccc1. The van der Waals surface area contributed by atoms with Gasteiger partial charge in [-0.25, -0.2) is 19.2 Å². The van der Waals surface area contributed by atoms with E-state index in [0.29, 0.717) is 0 Å². The van der Waals surface area contributed by atoms with Crippen molar-refractivity contribution in [3.05, 3.63) is 179 Å². The summed E-state index contributed by atoms with van der Waals surface area (Å²) in [6.45, 7) is -0.511. The molecule has 10 heteroatoms. The lowest BCUT2D eigenvalue weighted by molar-refractivity contribution is -0.0863. The Balaban J connectivity index is 1.51. The maximum Gasteiger partial charge on any atom is 0.338 e. The first-order chi connectivity index (χ1) is 24.5. The van der Waals surface area contributed by atoms with Gasteiger partial charge in [-0.3, -0.25) is 0 Å². The number of esters is 4. The Labute approximate surface area is 288 Å². The van der Waals surface area contributed by atoms with E-state index >= 15 is 0 Å². The second kappa shape index (κ2) is 18.1. The van der Waals surface area contributed by atoms with E-state index < -0.39 is 48.8 Å². The van der Waals surface area contributed by atoms with E-state index in [2.05, 4.69) is 5.16 Å². The summed E-state index contributed by atoms with van der Waals surface area (Å²) in [5, 5.41) is 4.04. The standard InChI is InChI=1S/C40H33NO9/c42-37(30-18-8-2-9-19-30)46-28-35(49-39(44)32-22-12-4-13-23-32)36(50-40(45)33-24-14-5-15-25-33)34(48-38(43)31-20-10-3-11-21-31)26-41-47-27-29-16-6-1-7-17-29/h1-26,34-36H,27-28H2/t34-,35+,36+/m0/s1. The molecule has 0 amide bonds. The van der Waals surface area contributed by atoms with Gasteiger partial charge in [-0.2, -0.15) is 0 Å². The number of benzene rings is 5. The fourth-order valence-corrected chi connectivity index (χ4v) is 4.65. The zero-order chi connectivity index (χ0) is 35.0. The van der Waals surface area contributed by atoms with Gasteiger partial charge in [-0.05, 0) is 54.1 Å². The molecule has 0 saturated heterocycles. The summed E-state index contributed by atoms with van der Waals surface area (Å²) in [4.78, 5) is 59.0. The molecule has 50 heavy (non-hydrogen) atoms. The Hall–Kier alpha value is -6.55. The molecule has 5 rings (SSSR count). The highest BCUT2D eigenvalue weighted by Gasteiger charge is 2.39. The number of carbonyl (C=O) groups is 4. The molecule has 0 saturated carbocycles. The first kappa shape index (κ1) is 34.8. The lowest BCUT2D eigenvalue weighted by atomic mass is 10.1. The maximum absolute atomic E-state index is 13.6. The van der Waals surface area contributed by atoms with Crippen molar-refractivity contribution in [2.24, 2.45) is 5.16 Å². The van der Waals surface area contributed by atoms with Gasteiger partial charge < -0.3 is 23.8 Å². The summed E-state index contributed by atoms with van der Waals surface area (Å²) in [7, 11) is 0. The fraction of sp³-hybridized carbons (Fsp3) is 0.125. The van der Waals surface area contributed by atoms with Gasteiger partial charge in [0, 0.05) is 0 Å². The summed E-state index contributed by atoms with van der Waals surface area (Å²) in [5.74, 6) is -3.15. The Morgan fingerprint density at radius 3 is 1.38 bits per heavy atom. The van der Waals surface area contributed by atoms with Crippen molar-refractivity contribution >= 4 is 30.1 Å². The van der Waals surface area contributed by atoms with Crippen molar-refractivity contribution in [2.75, 3.05) is 6.61 Å². The molecule has 0 aliphatic heterocycles. The summed E-state index contributed by atoms with van der Waals surface area (Å²) >= 11 is 0. The lowest BCUT2D eigenvalue weighted by Crippen LogP contribution is -2.48. The Morgan fingerprint density at radius 2 is 0.900 bits per heavy atom. The van der Waals surface area contributed by atoms with Crippen LogP contribution in [0, 0.1) is 0 Å². The van der Waals surface area contributed by atoms with E-state index in [-0.39, 0.29) is 28.9 Å². The third-order valence-corrected chi connectivity index (χ3v) is 7.21. The predicted molar refractivity (Wildman–Crippen MR) is 183 cm³/mol. The van der Waals surface area contributed by atoms with Crippen LogP contribution in [0.3, 0.4) is 0 Å². The number of rotatable bonds is 15. The molecule has 5 aromatic rings. The van der Waals surface area contributed by atoms with Crippen LogP contribution in [0.5, 0.6) is 0 Å². The van der Waals surface area contributed by atoms with E-state index in [9.17, 15) is 19.2 Å². The van der Waals surface area contributed by atoms with Crippen molar-refractivity contribution in [1.29, 1.82) is 0 Å². The quantitative estimate of drug-likeness (QED) is 0.0516. The van der Waals surface area contributed by atoms with Gasteiger partial charge in [0.2, 0.25) is 0 Å². The zero-order valence-electron chi connectivity index (χ0n) is 26.8. The largest absolute Gasteiger partial charge is 0.458 e. The molecule has 0 aliphatic rings. The molecule has 252 valence electrons. The molecule has 0 aliphatic carbocycles. The van der Waals surface area contributed by atoms with Crippen molar-refractivity contribution in [2.45, 2.75) is 24.9 Å². The van der Waals surface area contributed by atoms with E-state index in [1.807, 2.05) is 30.3 Å². The van der Waals surface area contributed by atoms with Gasteiger partial charge in [-0.1, -0.05) is 108 Å². The molecule has 0 aromatic heterocycles. The van der Waals surface area contributed by atoms with Crippen LogP contribution in [0.15, 0.2) is 157 Å². The molecule has 0 spiro atoms. The molecule has 5 aromatic carbocycles. The first-order valence-electron chi connectivity index (χ1n) is 15.7. The summed E-state index contributed by atoms with van der Waals surface area (Å²) in [6, 6.07) is 41.7. The van der Waals surface area contributed by atoms with Crippen LogP contribution in [-0.4, -0.2) is 55.0 Å². The fourth-order valence-electron chi connectivity index (χ4n) is 4.65. The molecular weight excluding hydrogens is 638 g/mol. The van der Waals surface area contributed by atoms with Crippen molar-refractivity contribution < 1.29 is 43.0 Å². The van der Waals surface area contributed by atoms with Crippen molar-refractivity contribution in [3.8, 4) is 0 Å². The second-order valence-corrected chi connectivity index (χ2v) is 10.8. The molecule has 3 atom stereocenters. The minimum atomic E-state index is -1.59. The molecule has 10 nitrogen and oxygen atoms in total. The third kappa shape index (κ3) is 10.2. The smallest absolute Gasteiger partial charge is 0.338 e. The van der Waals surface area contributed by atoms with Gasteiger partial charge >= 0.3 is 23.9 Å². The topological polar surface area (TPSA) is 127 Å². The minimum Gasteiger partial charge on any atom is -0.458 e. The normalized spacial score (nSPS) is 12.6. The number of ether oxygens (including phenoxy) is 4. The first-order valence-corrected chi connectivity index (χ1v) is 15.7. The molecule has 0 N–H and O–H groups in total. The van der Waals surface area contributed by atoms with Gasteiger partial charge in [0.05, 0.1) is 28.5 Å². The van der Waals surface area contributed by atoms with E-state index in [1.54, 1.807) is 97.1 Å². The van der Waals surface area contributed by atoms with E-state index in [4.69, 9.17) is 23.8 Å². The van der Waals surface area contributed by atoms with Crippen LogP contribution in [0.2, 0.25) is 0 Å². The zero-order valence-corrected chi connectivity index (χ0v) is 26.8. The number of carbonyl (C=O) groups excluding carboxylic acids is 4. The predicted octanol–water partition coefficient (Wildman–Crippen LogP) is 6.72. The minimum absolute atomic E-state index is 0.0757. The van der Waals surface area contributed by atoms with Crippen LogP contribution in [0.4, 0.5) is 0 Å². The second-order valence-electron chi connectivity index (χ2n) is 10.8. The summed E-state index contributed by atoms with van der Waals surface area (Å²) < 4.78 is 23.3. The third-order valence-electron chi connectivity index (χ3n) is 7.21. The van der Waals surface area contributed by atoms with Crippen LogP contribution in [0.25, 0.3) is 0 Å². The van der Waals surface area contributed by atoms with Gasteiger partial charge in [0.1, 0.15) is 13.2 Å². The Kier molecular flexibility index (Phi) is 12.6. The number of nitrogens with zero attached hydrogens (tertiary/aromatic N) is 1. The highest BCUT2D eigenvalue weighted by atomic mass is 16.6. The highest BCUT2D eigenvalue weighted by molar-refractivity contribution is 5.92. The van der Waals surface area contributed by atoms with Gasteiger partial charge in [0.25, 0.3) is 0 Å². The van der Waals surface area contributed by atoms with Crippen LogP contribution >= 0.6 is 0 Å². The van der Waals surface area contributed by atoms with Gasteiger partial charge in [0.15, 0.2) is 18.3 Å². The van der Waals surface area contributed by atoms with Gasteiger partial charge in [-0.15, -0.1) is 0 Å². The Bertz CT molecular complexity index is 1850. The van der Waals surface area contributed by atoms with Crippen LogP contribution in [0.1, 0.15) is 47.0 Å². The highest BCUT2D eigenvalue weighted by Crippen LogP contribution is 2.20. The lowest BCUT2D eigenvalue weighted by Gasteiger charge is -2.30. The molecule has 0 fully saturated rings. The molecule has 0 bridgehead atoms.